The summed E-state index contributed by atoms with van der Waals surface area (Å²) in [6.45, 7) is 11.8. The van der Waals surface area contributed by atoms with Crippen LogP contribution < -0.4 is 34.0 Å². The van der Waals surface area contributed by atoms with Gasteiger partial charge >= 0.3 is 0 Å². The van der Waals surface area contributed by atoms with Gasteiger partial charge in [0.2, 0.25) is 0 Å². The third-order valence-corrected chi connectivity index (χ3v) is 9.38. The molecular formula is C40H86Br2N2O6. The van der Waals surface area contributed by atoms with Crippen molar-refractivity contribution in [2.45, 2.75) is 154 Å². The number of hydrogen-bond donors (Lipinski definition) is 2. The molecule has 10 heteroatoms. The maximum atomic E-state index is 10.4. The Bertz CT molecular complexity index is 609. The smallest absolute Gasteiger partial charge is 0.126 e. The summed E-state index contributed by atoms with van der Waals surface area (Å²) in [5.74, 6) is 0. The van der Waals surface area contributed by atoms with Crippen LogP contribution in [0.1, 0.15) is 142 Å². The SMILES string of the molecule is CCCCCCCCCCCC[N+](C)(C)CC(O)COCCOCCOCCOCC(O)C[N+](C)(C)CCCCCCCCCCCC.[Br-].[Br-]. The molecule has 0 rings (SSSR count). The number of unbranched alkanes of at least 4 members (excludes halogenated alkanes) is 18. The van der Waals surface area contributed by atoms with E-state index in [0.717, 1.165) is 22.1 Å². The lowest BCUT2D eigenvalue weighted by Crippen LogP contribution is -3.00. The maximum absolute atomic E-state index is 10.4. The molecule has 2 N–H and O–H groups in total. The Labute approximate surface area is 332 Å². The summed E-state index contributed by atoms with van der Waals surface area (Å²) in [7, 11) is 8.81. The van der Waals surface area contributed by atoms with Crippen LogP contribution in [0.25, 0.3) is 0 Å². The molecule has 0 spiro atoms. The summed E-state index contributed by atoms with van der Waals surface area (Å²) in [6.07, 6.45) is 26.1. The summed E-state index contributed by atoms with van der Waals surface area (Å²) in [5, 5.41) is 20.9. The maximum Gasteiger partial charge on any atom is 0.126 e. The minimum Gasteiger partial charge on any atom is -1.00 e. The summed E-state index contributed by atoms with van der Waals surface area (Å²) >= 11 is 0. The van der Waals surface area contributed by atoms with Crippen LogP contribution in [0, 0.1) is 0 Å². The number of aliphatic hydroxyl groups excluding tert-OH is 2. The molecule has 0 heterocycles. The summed E-state index contributed by atoms with van der Waals surface area (Å²) in [6, 6.07) is 0. The highest BCUT2D eigenvalue weighted by molar-refractivity contribution is 4.55. The second-order valence-corrected chi connectivity index (χ2v) is 15.7. The third-order valence-electron chi connectivity index (χ3n) is 9.38. The number of aliphatic hydroxyl groups is 2. The summed E-state index contributed by atoms with van der Waals surface area (Å²) in [5.41, 5.74) is 0. The number of nitrogens with zero attached hydrogens (tertiary/aromatic N) is 2. The summed E-state index contributed by atoms with van der Waals surface area (Å²) < 4.78 is 24.1. The van der Waals surface area contributed by atoms with E-state index in [9.17, 15) is 10.2 Å². The first kappa shape index (κ1) is 55.0. The van der Waals surface area contributed by atoms with Crippen molar-refractivity contribution < 1.29 is 72.1 Å². The molecule has 0 bridgehead atoms. The zero-order chi connectivity index (χ0) is 35.6. The Hall–Kier alpha value is 0.640. The first-order chi connectivity index (χ1) is 23.1. The van der Waals surface area contributed by atoms with Crippen LogP contribution in [-0.4, -0.2) is 139 Å². The predicted molar refractivity (Wildman–Crippen MR) is 203 cm³/mol. The Kier molecular flexibility index (Phi) is 43.3. The van der Waals surface area contributed by atoms with E-state index < -0.39 is 12.2 Å². The van der Waals surface area contributed by atoms with Crippen LogP contribution in [0.3, 0.4) is 0 Å². The van der Waals surface area contributed by atoms with Gasteiger partial charge in [-0.25, -0.2) is 0 Å². The van der Waals surface area contributed by atoms with Gasteiger partial charge in [0.05, 0.1) is 94.1 Å². The van der Waals surface area contributed by atoms with Crippen molar-refractivity contribution >= 4 is 0 Å². The molecule has 0 amide bonds. The number of hydrogen-bond acceptors (Lipinski definition) is 6. The van der Waals surface area contributed by atoms with Gasteiger partial charge in [-0.1, -0.05) is 117 Å². The number of halogens is 2. The van der Waals surface area contributed by atoms with E-state index >= 15 is 0 Å². The van der Waals surface area contributed by atoms with Crippen molar-refractivity contribution in [1.82, 2.24) is 0 Å². The molecule has 306 valence electrons. The van der Waals surface area contributed by atoms with Crippen LogP contribution in [0.2, 0.25) is 0 Å². The lowest BCUT2D eigenvalue weighted by Gasteiger charge is -2.32. The van der Waals surface area contributed by atoms with Gasteiger partial charge in [-0.15, -0.1) is 0 Å². The van der Waals surface area contributed by atoms with E-state index in [-0.39, 0.29) is 34.0 Å². The highest BCUT2D eigenvalue weighted by Gasteiger charge is 2.21. The van der Waals surface area contributed by atoms with E-state index in [1.54, 1.807) is 0 Å². The van der Waals surface area contributed by atoms with E-state index in [0.29, 0.717) is 65.9 Å². The second-order valence-electron chi connectivity index (χ2n) is 15.7. The number of quaternary nitrogens is 2. The normalized spacial score (nSPS) is 13.2. The topological polar surface area (TPSA) is 77.4 Å². The molecular weight excluding hydrogens is 764 g/mol. The highest BCUT2D eigenvalue weighted by Crippen LogP contribution is 2.13. The van der Waals surface area contributed by atoms with Gasteiger partial charge in [0.25, 0.3) is 0 Å². The number of rotatable bonds is 39. The zero-order valence-corrected chi connectivity index (χ0v) is 37.1. The van der Waals surface area contributed by atoms with E-state index in [4.69, 9.17) is 18.9 Å². The van der Waals surface area contributed by atoms with Crippen molar-refractivity contribution in [3.05, 3.63) is 0 Å². The van der Waals surface area contributed by atoms with Crippen molar-refractivity contribution in [2.75, 3.05) is 107 Å². The largest absolute Gasteiger partial charge is 1.00 e. The van der Waals surface area contributed by atoms with Crippen LogP contribution >= 0.6 is 0 Å². The van der Waals surface area contributed by atoms with E-state index in [2.05, 4.69) is 42.0 Å². The minimum atomic E-state index is -0.459. The summed E-state index contributed by atoms with van der Waals surface area (Å²) in [4.78, 5) is 0. The molecule has 0 aromatic rings. The molecule has 2 atom stereocenters. The lowest BCUT2D eigenvalue weighted by molar-refractivity contribution is -0.893. The lowest BCUT2D eigenvalue weighted by atomic mass is 10.1. The molecule has 0 aromatic carbocycles. The first-order valence-electron chi connectivity index (χ1n) is 20.4. The van der Waals surface area contributed by atoms with Crippen LogP contribution in [-0.2, 0) is 18.9 Å². The van der Waals surface area contributed by atoms with Gasteiger partial charge in [0, 0.05) is 0 Å². The Balaban J connectivity index is -0.0000110. The average Bonchev–Trinajstić information content (AvgIpc) is 3.02. The Morgan fingerprint density at radius 3 is 0.900 bits per heavy atom. The standard InChI is InChI=1S/C40H86N2O6.2BrH/c1-7-9-11-13-15-17-19-21-23-25-27-41(3,4)35-39(43)37-47-33-31-45-29-30-46-32-34-48-38-40(44)36-42(5,6)28-26-24-22-20-18-16-14-12-10-8-2;;/h39-40,43-44H,7-38H2,1-6H3;2*1H/q+2;;/p-2. The number of likely N-dealkylation sites (N-methyl/N-ethyl adjacent to an activating group) is 2. The monoisotopic (exact) mass is 848 g/mol. The molecule has 0 aliphatic heterocycles. The quantitative estimate of drug-likeness (QED) is 0.0727. The highest BCUT2D eigenvalue weighted by atomic mass is 79.9. The molecule has 0 aromatic heterocycles. The molecule has 0 saturated carbocycles. The Morgan fingerprint density at radius 1 is 0.380 bits per heavy atom. The fourth-order valence-electron chi connectivity index (χ4n) is 6.48. The Morgan fingerprint density at radius 2 is 0.620 bits per heavy atom. The van der Waals surface area contributed by atoms with Gasteiger partial charge in [-0.05, 0) is 25.7 Å². The molecule has 8 nitrogen and oxygen atoms in total. The molecule has 0 fully saturated rings. The number of ether oxygens (including phenoxy) is 4. The molecule has 0 saturated heterocycles. The molecule has 0 aliphatic rings. The van der Waals surface area contributed by atoms with Crippen molar-refractivity contribution in [1.29, 1.82) is 0 Å². The van der Waals surface area contributed by atoms with Crippen molar-refractivity contribution in [3.63, 3.8) is 0 Å². The minimum absolute atomic E-state index is 0. The molecule has 0 aliphatic carbocycles. The van der Waals surface area contributed by atoms with Gasteiger partial charge in [-0.3, -0.25) is 0 Å². The average molecular weight is 851 g/mol. The van der Waals surface area contributed by atoms with Crippen LogP contribution in [0.5, 0.6) is 0 Å². The van der Waals surface area contributed by atoms with Gasteiger partial charge in [0.15, 0.2) is 0 Å². The predicted octanol–water partition coefficient (Wildman–Crippen LogP) is 1.78. The van der Waals surface area contributed by atoms with Crippen molar-refractivity contribution in [2.24, 2.45) is 0 Å². The molecule has 0 radical (unpaired) electrons. The van der Waals surface area contributed by atoms with Gasteiger partial charge in [-0.2, -0.15) is 0 Å². The second kappa shape index (κ2) is 39.3. The molecule has 50 heavy (non-hydrogen) atoms. The molecule has 2 unspecified atom stereocenters. The zero-order valence-electron chi connectivity index (χ0n) is 34.0. The fourth-order valence-corrected chi connectivity index (χ4v) is 6.48. The first-order valence-corrected chi connectivity index (χ1v) is 20.4. The van der Waals surface area contributed by atoms with Crippen LogP contribution in [0.4, 0.5) is 0 Å². The van der Waals surface area contributed by atoms with Gasteiger partial charge in [0.1, 0.15) is 25.3 Å². The van der Waals surface area contributed by atoms with Crippen LogP contribution in [0.15, 0.2) is 0 Å². The van der Waals surface area contributed by atoms with Crippen molar-refractivity contribution in [3.8, 4) is 0 Å². The fraction of sp³-hybridized carbons (Fsp3) is 1.00. The third kappa shape index (κ3) is 41.4. The van der Waals surface area contributed by atoms with E-state index in [1.165, 1.54) is 128 Å². The van der Waals surface area contributed by atoms with Gasteiger partial charge < -0.3 is 72.1 Å². The van der Waals surface area contributed by atoms with E-state index in [1.807, 2.05) is 0 Å².